The van der Waals surface area contributed by atoms with Gasteiger partial charge in [0.1, 0.15) is 5.82 Å². The highest BCUT2D eigenvalue weighted by Crippen LogP contribution is 2.26. The van der Waals surface area contributed by atoms with Crippen molar-refractivity contribution in [2.45, 2.75) is 32.7 Å². The van der Waals surface area contributed by atoms with Crippen molar-refractivity contribution in [3.8, 4) is 0 Å². The number of carboxylic acids is 1. The fourth-order valence-corrected chi connectivity index (χ4v) is 2.20. The minimum absolute atomic E-state index is 0.153. The fourth-order valence-electron chi connectivity index (χ4n) is 2.20. The smallest absolute Gasteiger partial charge is 0.308 e. The summed E-state index contributed by atoms with van der Waals surface area (Å²) >= 11 is 0. The number of aliphatic carboxylic acids is 1. The van der Waals surface area contributed by atoms with E-state index >= 15 is 0 Å². The summed E-state index contributed by atoms with van der Waals surface area (Å²) in [5.41, 5.74) is 0.904. The highest BCUT2D eigenvalue weighted by atomic mass is 19.1. The van der Waals surface area contributed by atoms with Crippen LogP contribution in [0.3, 0.4) is 0 Å². The molecule has 7 heteroatoms. The van der Waals surface area contributed by atoms with Gasteiger partial charge in [-0.25, -0.2) is 4.39 Å². The average molecular weight is 308 g/mol. The van der Waals surface area contributed by atoms with E-state index in [0.717, 1.165) is 6.07 Å². The Kier molecular flexibility index (Phi) is 4.44. The Morgan fingerprint density at radius 1 is 1.32 bits per heavy atom. The number of benzene rings is 1. The van der Waals surface area contributed by atoms with Crippen LogP contribution in [-0.2, 0) is 16.0 Å². The summed E-state index contributed by atoms with van der Waals surface area (Å²) in [6.07, 6.45) is 0.717. The Morgan fingerprint density at radius 3 is 2.64 bits per heavy atom. The molecule has 0 fully saturated rings. The summed E-state index contributed by atoms with van der Waals surface area (Å²) in [7, 11) is 0. The Bertz CT molecular complexity index is 645. The molecule has 1 aromatic rings. The number of hydrogen-bond donors (Lipinski definition) is 3. The van der Waals surface area contributed by atoms with Gasteiger partial charge in [0.15, 0.2) is 0 Å². The van der Waals surface area contributed by atoms with Gasteiger partial charge in [0, 0.05) is 18.2 Å². The Hall–Kier alpha value is -2.44. The largest absolute Gasteiger partial charge is 0.481 e. The first-order valence-electron chi connectivity index (χ1n) is 6.95. The van der Waals surface area contributed by atoms with Crippen molar-refractivity contribution < 1.29 is 23.9 Å². The third-order valence-electron chi connectivity index (χ3n) is 3.83. The lowest BCUT2D eigenvalue weighted by atomic mass is 9.98. The number of aryl methyl sites for hydroxylation is 1. The topological polar surface area (TPSA) is 95.5 Å². The summed E-state index contributed by atoms with van der Waals surface area (Å²) in [4.78, 5) is 34.3. The van der Waals surface area contributed by atoms with Crippen molar-refractivity contribution in [1.82, 2.24) is 5.32 Å². The second-order valence-corrected chi connectivity index (χ2v) is 5.43. The molecule has 3 N–H and O–H groups in total. The second kappa shape index (κ2) is 6.13. The summed E-state index contributed by atoms with van der Waals surface area (Å²) in [5, 5.41) is 13.9. The molecule has 1 aliphatic rings. The number of halogens is 1. The van der Waals surface area contributed by atoms with Crippen LogP contribution in [0.2, 0.25) is 0 Å². The molecular weight excluding hydrogens is 291 g/mol. The molecule has 0 saturated carbocycles. The summed E-state index contributed by atoms with van der Waals surface area (Å²) in [6.45, 7) is 3.01. The highest BCUT2D eigenvalue weighted by molar-refractivity contribution is 5.98. The van der Waals surface area contributed by atoms with E-state index in [0.29, 0.717) is 17.7 Å². The molecule has 2 unspecified atom stereocenters. The second-order valence-electron chi connectivity index (χ2n) is 5.43. The van der Waals surface area contributed by atoms with Crippen LogP contribution in [0.15, 0.2) is 12.1 Å². The number of carbonyl (C=O) groups is 3. The van der Waals surface area contributed by atoms with E-state index in [9.17, 15) is 18.8 Å². The molecule has 22 heavy (non-hydrogen) atoms. The maximum atomic E-state index is 14.0. The van der Waals surface area contributed by atoms with E-state index in [1.165, 1.54) is 13.0 Å². The van der Waals surface area contributed by atoms with Crippen LogP contribution >= 0.6 is 0 Å². The molecule has 0 radical (unpaired) electrons. The number of fused-ring (bicyclic) bond motifs is 1. The van der Waals surface area contributed by atoms with Gasteiger partial charge in [-0.1, -0.05) is 0 Å². The zero-order valence-electron chi connectivity index (χ0n) is 12.3. The molecule has 0 aliphatic carbocycles. The van der Waals surface area contributed by atoms with Crippen molar-refractivity contribution in [2.75, 3.05) is 5.32 Å². The van der Waals surface area contributed by atoms with Gasteiger partial charge >= 0.3 is 5.97 Å². The molecule has 1 aromatic carbocycles. The van der Waals surface area contributed by atoms with Crippen LogP contribution in [0.25, 0.3) is 0 Å². The van der Waals surface area contributed by atoms with E-state index in [4.69, 9.17) is 5.11 Å². The maximum Gasteiger partial charge on any atom is 0.308 e. The molecule has 2 atom stereocenters. The Labute approximate surface area is 126 Å². The maximum absolute atomic E-state index is 14.0. The molecule has 2 rings (SSSR count). The third-order valence-corrected chi connectivity index (χ3v) is 3.83. The quantitative estimate of drug-likeness (QED) is 0.786. The lowest BCUT2D eigenvalue weighted by molar-refractivity contribution is -0.141. The average Bonchev–Trinajstić information content (AvgIpc) is 2.45. The van der Waals surface area contributed by atoms with Crippen LogP contribution in [0, 0.1) is 11.7 Å². The molecule has 0 aromatic heterocycles. The lowest BCUT2D eigenvalue weighted by Gasteiger charge is -2.20. The van der Waals surface area contributed by atoms with Crippen LogP contribution < -0.4 is 10.6 Å². The first kappa shape index (κ1) is 15.9. The lowest BCUT2D eigenvalue weighted by Crippen LogP contribution is -2.40. The van der Waals surface area contributed by atoms with Gasteiger partial charge in [-0.05, 0) is 38.0 Å². The summed E-state index contributed by atoms with van der Waals surface area (Å²) < 4.78 is 14.0. The van der Waals surface area contributed by atoms with E-state index in [-0.39, 0.29) is 17.9 Å². The van der Waals surface area contributed by atoms with Gasteiger partial charge < -0.3 is 15.7 Å². The Balaban J connectivity index is 2.20. The molecule has 2 amide bonds. The van der Waals surface area contributed by atoms with E-state index in [2.05, 4.69) is 10.6 Å². The number of amides is 2. The van der Waals surface area contributed by atoms with Crippen molar-refractivity contribution in [1.29, 1.82) is 0 Å². The monoisotopic (exact) mass is 308 g/mol. The summed E-state index contributed by atoms with van der Waals surface area (Å²) in [6, 6.07) is 1.88. The first-order chi connectivity index (χ1) is 10.3. The van der Waals surface area contributed by atoms with Crippen LogP contribution in [0.4, 0.5) is 10.1 Å². The standard InChI is InChI=1S/C15H17FN2O4/c1-7(15(21)22)8(2)17-14(20)10-5-9-3-4-13(19)18-12(9)6-11(10)16/h5-8H,3-4H2,1-2H3,(H,17,20)(H,18,19)(H,21,22). The number of carbonyl (C=O) groups excluding carboxylic acids is 2. The van der Waals surface area contributed by atoms with Crippen LogP contribution in [0.5, 0.6) is 0 Å². The van der Waals surface area contributed by atoms with Gasteiger partial charge in [-0.2, -0.15) is 0 Å². The predicted octanol–water partition coefficient (Wildman–Crippen LogP) is 1.55. The number of anilines is 1. The SMILES string of the molecule is CC(NC(=O)c1cc2c(cc1F)NC(=O)CC2)C(C)C(=O)O. The van der Waals surface area contributed by atoms with E-state index in [1.54, 1.807) is 6.92 Å². The van der Waals surface area contributed by atoms with Crippen molar-refractivity contribution in [3.05, 3.63) is 29.1 Å². The van der Waals surface area contributed by atoms with Gasteiger partial charge in [-0.15, -0.1) is 0 Å². The molecule has 0 saturated heterocycles. The minimum atomic E-state index is -1.04. The van der Waals surface area contributed by atoms with E-state index < -0.39 is 29.7 Å². The van der Waals surface area contributed by atoms with Gasteiger partial charge in [0.25, 0.3) is 5.91 Å². The highest BCUT2D eigenvalue weighted by Gasteiger charge is 2.24. The molecule has 0 bridgehead atoms. The number of hydrogen-bond acceptors (Lipinski definition) is 3. The number of carboxylic acid groups (broad SMARTS) is 1. The molecule has 1 heterocycles. The fraction of sp³-hybridized carbons (Fsp3) is 0.400. The zero-order chi connectivity index (χ0) is 16.4. The number of rotatable bonds is 4. The van der Waals surface area contributed by atoms with Crippen molar-refractivity contribution in [3.63, 3.8) is 0 Å². The van der Waals surface area contributed by atoms with Gasteiger partial charge in [0.05, 0.1) is 11.5 Å². The molecule has 0 spiro atoms. The minimum Gasteiger partial charge on any atom is -0.481 e. The van der Waals surface area contributed by atoms with Crippen LogP contribution in [0.1, 0.15) is 36.2 Å². The first-order valence-corrected chi connectivity index (χ1v) is 6.95. The number of nitrogens with one attached hydrogen (secondary N) is 2. The predicted molar refractivity (Wildman–Crippen MR) is 77.1 cm³/mol. The van der Waals surface area contributed by atoms with Crippen LogP contribution in [-0.4, -0.2) is 28.9 Å². The van der Waals surface area contributed by atoms with Crippen molar-refractivity contribution in [2.24, 2.45) is 5.92 Å². The van der Waals surface area contributed by atoms with Gasteiger partial charge in [-0.3, -0.25) is 14.4 Å². The van der Waals surface area contributed by atoms with Crippen molar-refractivity contribution >= 4 is 23.5 Å². The zero-order valence-corrected chi connectivity index (χ0v) is 12.3. The summed E-state index contributed by atoms with van der Waals surface area (Å²) in [5.74, 6) is -3.44. The molecule has 1 aliphatic heterocycles. The van der Waals surface area contributed by atoms with E-state index in [1.807, 2.05) is 0 Å². The molecule has 6 nitrogen and oxygen atoms in total. The normalized spacial score (nSPS) is 16.2. The third kappa shape index (κ3) is 3.24. The molecule has 118 valence electrons. The Morgan fingerprint density at radius 2 is 2.00 bits per heavy atom. The van der Waals surface area contributed by atoms with Gasteiger partial charge in [0.2, 0.25) is 5.91 Å². The molecular formula is C15H17FN2O4.